The van der Waals surface area contributed by atoms with Crippen LogP contribution in [0.3, 0.4) is 0 Å². The standard InChI is InChI=1S/C20H32ClFN4O5/c1-11-23-18(31-26-11)17(29)25-19-4-6-20(7-5-19,15(27)9-19)24-16(28)10-30-12-2-3-13(21)14(22)8-12/h11-15,18,23,26-27H,2-10H2,1H3,(H,24,28)(H,25,29). The van der Waals surface area contributed by atoms with Crippen molar-refractivity contribution in [3.8, 4) is 0 Å². The minimum atomic E-state index is -1.12. The van der Waals surface area contributed by atoms with E-state index in [0.29, 0.717) is 44.9 Å². The molecule has 1 heterocycles. The zero-order valence-corrected chi connectivity index (χ0v) is 18.4. The molecule has 31 heavy (non-hydrogen) atoms. The Morgan fingerprint density at radius 3 is 2.61 bits per heavy atom. The van der Waals surface area contributed by atoms with E-state index in [-0.39, 0.29) is 37.1 Å². The quantitative estimate of drug-likeness (QED) is 0.361. The molecule has 4 saturated carbocycles. The molecule has 0 aromatic rings. The van der Waals surface area contributed by atoms with Crippen molar-refractivity contribution in [2.45, 2.75) is 106 Å². The van der Waals surface area contributed by atoms with Gasteiger partial charge in [-0.3, -0.25) is 19.7 Å². The molecular weight excluding hydrogens is 431 g/mol. The molecule has 6 atom stereocenters. The maximum absolute atomic E-state index is 13.8. The molecule has 0 radical (unpaired) electrons. The highest BCUT2D eigenvalue weighted by Crippen LogP contribution is 2.47. The van der Waals surface area contributed by atoms with Crippen LogP contribution in [0.1, 0.15) is 58.3 Å². The largest absolute Gasteiger partial charge is 0.391 e. The van der Waals surface area contributed by atoms with Gasteiger partial charge in [0, 0.05) is 12.0 Å². The zero-order valence-electron chi connectivity index (χ0n) is 17.7. The molecule has 5 aliphatic rings. The number of fused-ring (bicyclic) bond motifs is 3. The molecule has 9 nitrogen and oxygen atoms in total. The lowest BCUT2D eigenvalue weighted by atomic mass is 9.60. The third-order valence-electron chi connectivity index (χ3n) is 7.20. The van der Waals surface area contributed by atoms with Crippen LogP contribution in [0.4, 0.5) is 4.39 Å². The molecule has 6 unspecified atom stereocenters. The van der Waals surface area contributed by atoms with Gasteiger partial charge in [0.1, 0.15) is 12.8 Å². The van der Waals surface area contributed by atoms with E-state index in [1.54, 1.807) is 0 Å². The highest BCUT2D eigenvalue weighted by atomic mass is 35.5. The van der Waals surface area contributed by atoms with Crippen molar-refractivity contribution in [1.29, 1.82) is 0 Å². The first kappa shape index (κ1) is 23.1. The number of ether oxygens (including phenoxy) is 1. The molecule has 5 N–H and O–H groups in total. The number of nitrogens with one attached hydrogen (secondary N) is 4. The summed E-state index contributed by atoms with van der Waals surface area (Å²) in [6.45, 7) is 1.67. The fourth-order valence-electron chi connectivity index (χ4n) is 5.28. The van der Waals surface area contributed by atoms with E-state index >= 15 is 0 Å². The van der Waals surface area contributed by atoms with Crippen LogP contribution in [0.25, 0.3) is 0 Å². The molecule has 5 rings (SSSR count). The molecule has 1 aliphatic heterocycles. The molecule has 0 spiro atoms. The van der Waals surface area contributed by atoms with Gasteiger partial charge in [-0.05, 0) is 51.9 Å². The van der Waals surface area contributed by atoms with Crippen molar-refractivity contribution in [2.75, 3.05) is 6.61 Å². The Bertz CT molecular complexity index is 692. The number of halogens is 2. The number of carbonyl (C=O) groups is 2. The Kier molecular flexibility index (Phi) is 6.77. The Labute approximate surface area is 186 Å². The monoisotopic (exact) mass is 462 g/mol. The third kappa shape index (κ3) is 4.99. The minimum Gasteiger partial charge on any atom is -0.391 e. The van der Waals surface area contributed by atoms with Gasteiger partial charge in [0.15, 0.2) is 0 Å². The highest BCUT2D eigenvalue weighted by Gasteiger charge is 2.55. The van der Waals surface area contributed by atoms with Gasteiger partial charge in [-0.2, -0.15) is 5.48 Å². The van der Waals surface area contributed by atoms with Gasteiger partial charge in [-0.1, -0.05) is 0 Å². The number of hydrogen-bond acceptors (Lipinski definition) is 7. The summed E-state index contributed by atoms with van der Waals surface area (Å²) in [5, 5.41) is 19.3. The van der Waals surface area contributed by atoms with E-state index in [1.807, 2.05) is 6.92 Å². The van der Waals surface area contributed by atoms with Crippen LogP contribution in [0.2, 0.25) is 0 Å². The van der Waals surface area contributed by atoms with Crippen molar-refractivity contribution in [2.24, 2.45) is 0 Å². The molecule has 176 valence electrons. The lowest BCUT2D eigenvalue weighted by Crippen LogP contribution is -2.71. The predicted octanol–water partition coefficient (Wildman–Crippen LogP) is 0.346. The summed E-state index contributed by atoms with van der Waals surface area (Å²) >= 11 is 5.89. The Balaban J connectivity index is 1.26. The average Bonchev–Trinajstić information content (AvgIpc) is 3.17. The summed E-state index contributed by atoms with van der Waals surface area (Å²) in [5.74, 6) is -0.585. The lowest BCUT2D eigenvalue weighted by Gasteiger charge is -2.56. The molecule has 1 saturated heterocycles. The van der Waals surface area contributed by atoms with Gasteiger partial charge in [0.05, 0.1) is 29.3 Å². The number of carbonyl (C=O) groups excluding carboxylic acids is 2. The predicted molar refractivity (Wildman–Crippen MR) is 110 cm³/mol. The molecule has 4 aliphatic carbocycles. The van der Waals surface area contributed by atoms with Gasteiger partial charge < -0.3 is 20.5 Å². The number of hydroxylamine groups is 1. The number of hydrogen-bond donors (Lipinski definition) is 5. The normalized spacial score (nSPS) is 44.8. The average molecular weight is 463 g/mol. The number of rotatable bonds is 6. The van der Waals surface area contributed by atoms with Gasteiger partial charge in [0.25, 0.3) is 5.91 Å². The van der Waals surface area contributed by atoms with Crippen molar-refractivity contribution >= 4 is 23.4 Å². The molecule has 0 aromatic heterocycles. The van der Waals surface area contributed by atoms with Crippen LogP contribution in [0, 0.1) is 0 Å². The summed E-state index contributed by atoms with van der Waals surface area (Å²) in [6, 6.07) is 0. The van der Waals surface area contributed by atoms with Crippen molar-refractivity contribution < 1.29 is 28.7 Å². The summed E-state index contributed by atoms with van der Waals surface area (Å²) in [6.07, 6.45) is 1.01. The van der Waals surface area contributed by atoms with Crippen LogP contribution in [-0.4, -0.2) is 70.8 Å². The van der Waals surface area contributed by atoms with Crippen molar-refractivity contribution in [3.05, 3.63) is 0 Å². The molecule has 11 heteroatoms. The fraction of sp³-hybridized carbons (Fsp3) is 0.900. The second-order valence-corrected chi connectivity index (χ2v) is 10.0. The summed E-state index contributed by atoms with van der Waals surface area (Å²) in [4.78, 5) is 30.3. The minimum absolute atomic E-state index is 0.123. The second kappa shape index (κ2) is 9.07. The molecule has 2 bridgehead atoms. The van der Waals surface area contributed by atoms with Crippen LogP contribution < -0.4 is 21.4 Å². The maximum atomic E-state index is 13.8. The Hall–Kier alpha value is -1.04. The first-order chi connectivity index (χ1) is 14.7. The first-order valence-electron chi connectivity index (χ1n) is 11.1. The SMILES string of the molecule is CC1NOC(C(=O)NC23CCC(NC(=O)COC4CCC(Cl)C(F)C4)(CC2)C(O)C3)N1. The Morgan fingerprint density at radius 2 is 2.00 bits per heavy atom. The summed E-state index contributed by atoms with van der Waals surface area (Å²) in [7, 11) is 0. The van der Waals surface area contributed by atoms with E-state index in [0.717, 1.165) is 0 Å². The third-order valence-corrected chi connectivity index (χ3v) is 7.69. The van der Waals surface area contributed by atoms with Crippen LogP contribution in [0.5, 0.6) is 0 Å². The first-order valence-corrected chi connectivity index (χ1v) is 11.5. The number of alkyl halides is 2. The number of amides is 2. The van der Waals surface area contributed by atoms with Gasteiger partial charge in [0.2, 0.25) is 12.1 Å². The number of aliphatic hydroxyl groups is 1. The van der Waals surface area contributed by atoms with Crippen LogP contribution in [0.15, 0.2) is 0 Å². The van der Waals surface area contributed by atoms with Crippen LogP contribution >= 0.6 is 11.6 Å². The van der Waals surface area contributed by atoms with Crippen molar-refractivity contribution in [3.63, 3.8) is 0 Å². The van der Waals surface area contributed by atoms with E-state index in [4.69, 9.17) is 21.2 Å². The van der Waals surface area contributed by atoms with Gasteiger partial charge >= 0.3 is 0 Å². The van der Waals surface area contributed by atoms with E-state index in [1.165, 1.54) is 0 Å². The maximum Gasteiger partial charge on any atom is 0.266 e. The summed E-state index contributed by atoms with van der Waals surface area (Å²) < 4.78 is 19.4. The zero-order chi connectivity index (χ0) is 22.2. The van der Waals surface area contributed by atoms with E-state index < -0.39 is 35.0 Å². The molecule has 2 amide bonds. The highest BCUT2D eigenvalue weighted by molar-refractivity contribution is 6.21. The molecule has 0 aromatic carbocycles. The lowest BCUT2D eigenvalue weighted by molar-refractivity contribution is -0.144. The van der Waals surface area contributed by atoms with Gasteiger partial charge in [-0.15, -0.1) is 11.6 Å². The van der Waals surface area contributed by atoms with Crippen LogP contribution in [-0.2, 0) is 19.2 Å². The van der Waals surface area contributed by atoms with Gasteiger partial charge in [-0.25, -0.2) is 4.39 Å². The topological polar surface area (TPSA) is 121 Å². The summed E-state index contributed by atoms with van der Waals surface area (Å²) in [5.41, 5.74) is 1.47. The fourth-order valence-corrected chi connectivity index (χ4v) is 5.51. The molecule has 5 fully saturated rings. The Morgan fingerprint density at radius 1 is 1.26 bits per heavy atom. The van der Waals surface area contributed by atoms with E-state index in [2.05, 4.69) is 21.4 Å². The molecular formula is C20H32ClFN4O5. The van der Waals surface area contributed by atoms with Crippen molar-refractivity contribution in [1.82, 2.24) is 21.4 Å². The smallest absolute Gasteiger partial charge is 0.266 e. The second-order valence-electron chi connectivity index (χ2n) is 9.48. The van der Waals surface area contributed by atoms with E-state index in [9.17, 15) is 19.1 Å². The number of aliphatic hydroxyl groups excluding tert-OH is 1.